The van der Waals surface area contributed by atoms with E-state index in [9.17, 15) is 4.79 Å². The zero-order chi connectivity index (χ0) is 12.0. The van der Waals surface area contributed by atoms with E-state index in [1.807, 2.05) is 12.1 Å². The Morgan fingerprint density at radius 3 is 2.75 bits per heavy atom. The van der Waals surface area contributed by atoms with Crippen molar-refractivity contribution in [2.45, 2.75) is 6.42 Å². The number of rotatable bonds is 5. The standard InChI is InChI=1S/C11H13BrO4/c1-14-9-5-3-4-8(12)11(9)16-7-6-10(13)15-2/h3-5H,6-7H2,1-2H3. The first-order chi connectivity index (χ1) is 7.69. The molecule has 0 saturated carbocycles. The molecule has 16 heavy (non-hydrogen) atoms. The molecule has 0 aliphatic heterocycles. The van der Waals surface area contributed by atoms with Gasteiger partial charge >= 0.3 is 5.97 Å². The second-order valence-electron chi connectivity index (χ2n) is 2.95. The van der Waals surface area contributed by atoms with Crippen LogP contribution in [-0.4, -0.2) is 26.8 Å². The van der Waals surface area contributed by atoms with E-state index < -0.39 is 0 Å². The number of ether oxygens (including phenoxy) is 3. The molecule has 0 aliphatic rings. The van der Waals surface area contributed by atoms with Crippen LogP contribution in [0, 0.1) is 0 Å². The van der Waals surface area contributed by atoms with Crippen molar-refractivity contribution in [2.75, 3.05) is 20.8 Å². The molecule has 0 unspecified atom stereocenters. The van der Waals surface area contributed by atoms with Gasteiger partial charge in [-0.15, -0.1) is 0 Å². The number of hydrogen-bond donors (Lipinski definition) is 0. The average molecular weight is 289 g/mol. The highest BCUT2D eigenvalue weighted by molar-refractivity contribution is 9.10. The summed E-state index contributed by atoms with van der Waals surface area (Å²) in [4.78, 5) is 10.9. The predicted molar refractivity (Wildman–Crippen MR) is 62.8 cm³/mol. The minimum atomic E-state index is -0.300. The van der Waals surface area contributed by atoms with Crippen LogP contribution in [-0.2, 0) is 9.53 Å². The van der Waals surface area contributed by atoms with E-state index in [2.05, 4.69) is 20.7 Å². The third kappa shape index (κ3) is 3.41. The maximum absolute atomic E-state index is 10.9. The molecular formula is C11H13BrO4. The summed E-state index contributed by atoms with van der Waals surface area (Å²) in [5.41, 5.74) is 0. The van der Waals surface area contributed by atoms with Crippen molar-refractivity contribution in [3.05, 3.63) is 22.7 Å². The normalized spacial score (nSPS) is 9.69. The Kier molecular flexibility index (Phi) is 5.11. The van der Waals surface area contributed by atoms with E-state index in [1.54, 1.807) is 13.2 Å². The molecule has 88 valence electrons. The molecule has 0 fully saturated rings. The van der Waals surface area contributed by atoms with Crippen LogP contribution in [0.1, 0.15) is 6.42 Å². The van der Waals surface area contributed by atoms with E-state index >= 15 is 0 Å². The molecule has 0 heterocycles. The van der Waals surface area contributed by atoms with Crippen molar-refractivity contribution in [1.82, 2.24) is 0 Å². The number of benzene rings is 1. The minimum Gasteiger partial charge on any atom is -0.493 e. The third-order valence-corrected chi connectivity index (χ3v) is 2.56. The Hall–Kier alpha value is -1.23. The van der Waals surface area contributed by atoms with E-state index in [-0.39, 0.29) is 19.0 Å². The number of para-hydroxylation sites is 1. The zero-order valence-electron chi connectivity index (χ0n) is 9.16. The highest BCUT2D eigenvalue weighted by Gasteiger charge is 2.09. The number of carbonyl (C=O) groups is 1. The van der Waals surface area contributed by atoms with Crippen molar-refractivity contribution in [1.29, 1.82) is 0 Å². The molecule has 0 amide bonds. The van der Waals surface area contributed by atoms with Crippen LogP contribution in [0.3, 0.4) is 0 Å². The lowest BCUT2D eigenvalue weighted by Gasteiger charge is -2.11. The topological polar surface area (TPSA) is 44.8 Å². The third-order valence-electron chi connectivity index (χ3n) is 1.93. The molecule has 1 aromatic rings. The summed E-state index contributed by atoms with van der Waals surface area (Å²) < 4.78 is 15.9. The first-order valence-corrected chi connectivity index (χ1v) is 5.50. The van der Waals surface area contributed by atoms with Gasteiger partial charge < -0.3 is 14.2 Å². The Morgan fingerprint density at radius 1 is 1.38 bits per heavy atom. The van der Waals surface area contributed by atoms with Gasteiger partial charge in [0.15, 0.2) is 11.5 Å². The molecule has 1 rings (SSSR count). The van der Waals surface area contributed by atoms with Gasteiger partial charge in [0.05, 0.1) is 31.7 Å². The van der Waals surface area contributed by atoms with Crippen LogP contribution < -0.4 is 9.47 Å². The highest BCUT2D eigenvalue weighted by atomic mass is 79.9. The first kappa shape index (κ1) is 12.8. The van der Waals surface area contributed by atoms with Crippen LogP contribution in [0.15, 0.2) is 22.7 Å². The first-order valence-electron chi connectivity index (χ1n) is 4.71. The highest BCUT2D eigenvalue weighted by Crippen LogP contribution is 2.34. The fraction of sp³-hybridized carbons (Fsp3) is 0.364. The summed E-state index contributed by atoms with van der Waals surface area (Å²) in [5, 5.41) is 0. The Bertz CT molecular complexity index is 365. The summed E-state index contributed by atoms with van der Waals surface area (Å²) in [5.74, 6) is 0.916. The van der Waals surface area contributed by atoms with Gasteiger partial charge in [-0.25, -0.2) is 0 Å². The van der Waals surface area contributed by atoms with Crippen molar-refractivity contribution in [3.8, 4) is 11.5 Å². The number of carbonyl (C=O) groups excluding carboxylic acids is 1. The van der Waals surface area contributed by atoms with E-state index in [0.717, 1.165) is 4.47 Å². The SMILES string of the molecule is COC(=O)CCOc1c(Br)cccc1OC. The van der Waals surface area contributed by atoms with Gasteiger partial charge in [0.25, 0.3) is 0 Å². The maximum Gasteiger partial charge on any atom is 0.308 e. The zero-order valence-corrected chi connectivity index (χ0v) is 10.7. The molecule has 1 aromatic carbocycles. The van der Waals surface area contributed by atoms with E-state index in [1.165, 1.54) is 7.11 Å². The molecule has 5 heteroatoms. The molecule has 0 bridgehead atoms. The number of esters is 1. The molecule has 0 N–H and O–H groups in total. The second kappa shape index (κ2) is 6.37. The van der Waals surface area contributed by atoms with Gasteiger partial charge in [0.2, 0.25) is 0 Å². The molecule has 0 spiro atoms. The quantitative estimate of drug-likeness (QED) is 0.781. The van der Waals surface area contributed by atoms with E-state index in [4.69, 9.17) is 9.47 Å². The van der Waals surface area contributed by atoms with E-state index in [0.29, 0.717) is 11.5 Å². The lowest BCUT2D eigenvalue weighted by Crippen LogP contribution is -2.08. The molecule has 0 saturated heterocycles. The smallest absolute Gasteiger partial charge is 0.308 e. The lowest BCUT2D eigenvalue weighted by atomic mass is 10.3. The summed E-state index contributed by atoms with van der Waals surface area (Å²) in [6.45, 7) is 0.256. The Morgan fingerprint density at radius 2 is 2.12 bits per heavy atom. The van der Waals surface area contributed by atoms with Crippen LogP contribution >= 0.6 is 15.9 Å². The molecule has 0 radical (unpaired) electrons. The molecule has 0 atom stereocenters. The molecular weight excluding hydrogens is 276 g/mol. The van der Waals surface area contributed by atoms with Crippen LogP contribution in [0.5, 0.6) is 11.5 Å². The van der Waals surface area contributed by atoms with Crippen LogP contribution in [0.4, 0.5) is 0 Å². The monoisotopic (exact) mass is 288 g/mol. The second-order valence-corrected chi connectivity index (χ2v) is 3.80. The Labute approximate surface area is 103 Å². The Balaban J connectivity index is 2.62. The molecule has 0 aliphatic carbocycles. The number of hydrogen-bond acceptors (Lipinski definition) is 4. The van der Waals surface area contributed by atoms with Gasteiger partial charge in [-0.1, -0.05) is 6.07 Å². The summed E-state index contributed by atoms with van der Waals surface area (Å²) in [7, 11) is 2.91. The number of halogens is 1. The van der Waals surface area contributed by atoms with Crippen LogP contribution in [0.2, 0.25) is 0 Å². The summed E-state index contributed by atoms with van der Waals surface area (Å²) in [6, 6.07) is 5.48. The summed E-state index contributed by atoms with van der Waals surface area (Å²) >= 11 is 3.35. The van der Waals surface area contributed by atoms with Crippen molar-refractivity contribution in [3.63, 3.8) is 0 Å². The fourth-order valence-corrected chi connectivity index (χ4v) is 1.59. The maximum atomic E-state index is 10.9. The molecule has 0 aromatic heterocycles. The van der Waals surface area contributed by atoms with Gasteiger partial charge in [-0.05, 0) is 28.1 Å². The fourth-order valence-electron chi connectivity index (χ4n) is 1.13. The van der Waals surface area contributed by atoms with Gasteiger partial charge in [0, 0.05) is 0 Å². The van der Waals surface area contributed by atoms with Crippen molar-refractivity contribution >= 4 is 21.9 Å². The predicted octanol–water partition coefficient (Wildman–Crippen LogP) is 2.40. The summed E-state index contributed by atoms with van der Waals surface area (Å²) in [6.07, 6.45) is 0.209. The van der Waals surface area contributed by atoms with Gasteiger partial charge in [0.1, 0.15) is 0 Å². The van der Waals surface area contributed by atoms with Crippen molar-refractivity contribution < 1.29 is 19.0 Å². The number of methoxy groups -OCH3 is 2. The largest absolute Gasteiger partial charge is 0.493 e. The average Bonchev–Trinajstić information content (AvgIpc) is 2.30. The minimum absolute atomic E-state index is 0.209. The van der Waals surface area contributed by atoms with Crippen LogP contribution in [0.25, 0.3) is 0 Å². The lowest BCUT2D eigenvalue weighted by molar-refractivity contribution is -0.141. The van der Waals surface area contributed by atoms with Gasteiger partial charge in [-0.3, -0.25) is 4.79 Å². The molecule has 4 nitrogen and oxygen atoms in total. The van der Waals surface area contributed by atoms with Crippen molar-refractivity contribution in [2.24, 2.45) is 0 Å². The van der Waals surface area contributed by atoms with Gasteiger partial charge in [-0.2, -0.15) is 0 Å².